The van der Waals surface area contributed by atoms with Gasteiger partial charge >= 0.3 is 0 Å². The third-order valence-electron chi connectivity index (χ3n) is 2.21. The van der Waals surface area contributed by atoms with Crippen LogP contribution < -0.4 is 0 Å². The number of benzene rings is 2. The number of hydrogen-bond donors (Lipinski definition) is 0. The van der Waals surface area contributed by atoms with Crippen LogP contribution in [0.5, 0.6) is 0 Å². The summed E-state index contributed by atoms with van der Waals surface area (Å²) in [6, 6.07) is 20.6. The van der Waals surface area contributed by atoms with Gasteiger partial charge in [0.25, 0.3) is 0 Å². The average Bonchev–Trinajstić information content (AvgIpc) is 2.19. The normalized spacial score (nSPS) is 10.1. The van der Waals surface area contributed by atoms with Crippen LogP contribution in [0.15, 0.2) is 42.5 Å². The van der Waals surface area contributed by atoms with Gasteiger partial charge in [-0.1, -0.05) is 42.5 Å². The van der Waals surface area contributed by atoms with Crippen molar-refractivity contribution in [3.05, 3.63) is 71.3 Å². The third kappa shape index (κ3) is 2.23. The van der Waals surface area contributed by atoms with Crippen LogP contribution in [-0.2, 0) is 6.42 Å². The summed E-state index contributed by atoms with van der Waals surface area (Å²) in [5, 5.41) is 0. The van der Waals surface area contributed by atoms with Crippen LogP contribution in [0.25, 0.3) is 0 Å². The van der Waals surface area contributed by atoms with Crippen LogP contribution in [0.2, 0.25) is 0 Å². The smallest absolute Gasteiger partial charge is 0.00257 e. The minimum absolute atomic E-state index is 0.990. The van der Waals surface area contributed by atoms with E-state index >= 15 is 0 Å². The van der Waals surface area contributed by atoms with Crippen molar-refractivity contribution in [1.29, 1.82) is 0 Å². The molecule has 0 N–H and O–H groups in total. The fourth-order valence-electron chi connectivity index (χ4n) is 1.53. The molecule has 0 heterocycles. The molecule has 0 heteroatoms. The fraction of sp³-hybridized carbons (Fsp3) is 0.143. The second-order valence-electron chi connectivity index (χ2n) is 3.46. The lowest BCUT2D eigenvalue weighted by Crippen LogP contribution is -1.87. The highest BCUT2D eigenvalue weighted by molar-refractivity contribution is 5.27. The van der Waals surface area contributed by atoms with E-state index in [1.807, 2.05) is 18.2 Å². The molecule has 2 rings (SSSR count). The van der Waals surface area contributed by atoms with Crippen molar-refractivity contribution in [3.63, 3.8) is 0 Å². The third-order valence-corrected chi connectivity index (χ3v) is 2.21. The van der Waals surface area contributed by atoms with Crippen LogP contribution >= 0.6 is 0 Å². The summed E-state index contributed by atoms with van der Waals surface area (Å²) in [5.41, 5.74) is 3.87. The molecule has 0 amide bonds. The van der Waals surface area contributed by atoms with Gasteiger partial charge in [0.05, 0.1) is 0 Å². The van der Waals surface area contributed by atoms with Gasteiger partial charge in [-0.2, -0.15) is 0 Å². The van der Waals surface area contributed by atoms with Crippen molar-refractivity contribution in [2.75, 3.05) is 0 Å². The molecule has 14 heavy (non-hydrogen) atoms. The van der Waals surface area contributed by atoms with Gasteiger partial charge in [-0.15, -0.1) is 0 Å². The second-order valence-corrected chi connectivity index (χ2v) is 3.46. The van der Waals surface area contributed by atoms with E-state index in [9.17, 15) is 0 Å². The molecule has 68 valence electrons. The maximum atomic E-state index is 3.15. The summed E-state index contributed by atoms with van der Waals surface area (Å²) < 4.78 is 0. The molecule has 0 atom stereocenters. The summed E-state index contributed by atoms with van der Waals surface area (Å²) in [7, 11) is 0. The second kappa shape index (κ2) is 4.10. The predicted molar refractivity (Wildman–Crippen MR) is 58.1 cm³/mol. The van der Waals surface area contributed by atoms with E-state index in [1.54, 1.807) is 0 Å². The molecule has 0 aliphatic heterocycles. The summed E-state index contributed by atoms with van der Waals surface area (Å²) in [4.78, 5) is 0. The summed E-state index contributed by atoms with van der Waals surface area (Å²) in [6.07, 6.45) is 0.990. The number of hydrogen-bond acceptors (Lipinski definition) is 0. The molecule has 2 aromatic rings. The molecule has 0 saturated heterocycles. The molecule has 2 aromatic carbocycles. The Hall–Kier alpha value is -1.56. The molecular weight excluding hydrogens is 168 g/mol. The van der Waals surface area contributed by atoms with Gasteiger partial charge in [-0.05, 0) is 42.2 Å². The molecule has 0 aliphatic carbocycles. The van der Waals surface area contributed by atoms with Crippen molar-refractivity contribution < 1.29 is 0 Å². The Labute approximate surface area is 85.2 Å². The quantitative estimate of drug-likeness (QED) is 0.665. The fourth-order valence-corrected chi connectivity index (χ4v) is 1.53. The van der Waals surface area contributed by atoms with Crippen LogP contribution in [-0.4, -0.2) is 0 Å². The van der Waals surface area contributed by atoms with Crippen molar-refractivity contribution in [1.82, 2.24) is 0 Å². The zero-order valence-corrected chi connectivity index (χ0v) is 8.25. The minimum Gasteiger partial charge on any atom is -0.0581 e. The van der Waals surface area contributed by atoms with Crippen molar-refractivity contribution in [2.24, 2.45) is 0 Å². The molecule has 0 saturated carbocycles. The van der Waals surface area contributed by atoms with Gasteiger partial charge < -0.3 is 0 Å². The van der Waals surface area contributed by atoms with E-state index in [2.05, 4.69) is 43.3 Å². The molecule has 0 fully saturated rings. The van der Waals surface area contributed by atoms with Crippen LogP contribution in [0, 0.1) is 19.1 Å². The monoisotopic (exact) mass is 180 g/mol. The van der Waals surface area contributed by atoms with Crippen molar-refractivity contribution >= 4 is 0 Å². The van der Waals surface area contributed by atoms with E-state index in [0.717, 1.165) is 6.42 Å². The molecule has 0 nitrogen and oxygen atoms in total. The highest BCUT2D eigenvalue weighted by atomic mass is 14.0. The predicted octanol–water partition coefficient (Wildman–Crippen LogP) is 3.19. The Balaban J connectivity index is 2.19. The largest absolute Gasteiger partial charge is 0.0581 e. The Morgan fingerprint density at radius 1 is 1.00 bits per heavy atom. The van der Waals surface area contributed by atoms with Crippen LogP contribution in [0.1, 0.15) is 16.7 Å². The molecule has 0 bridgehead atoms. The first-order valence-electron chi connectivity index (χ1n) is 4.77. The van der Waals surface area contributed by atoms with E-state index in [1.165, 1.54) is 16.7 Å². The van der Waals surface area contributed by atoms with Gasteiger partial charge in [0, 0.05) is 0 Å². The van der Waals surface area contributed by atoms with E-state index < -0.39 is 0 Å². The Kier molecular flexibility index (Phi) is 2.64. The van der Waals surface area contributed by atoms with Crippen molar-refractivity contribution in [2.45, 2.75) is 13.3 Å². The lowest BCUT2D eigenvalue weighted by molar-refractivity contribution is 1.18. The highest BCUT2D eigenvalue weighted by Crippen LogP contribution is 2.09. The molecule has 0 spiro atoms. The Bertz CT molecular complexity index is 401. The molecular formula is C14H12. The van der Waals surface area contributed by atoms with Gasteiger partial charge in [0.1, 0.15) is 0 Å². The number of aryl methyl sites for hydroxylation is 1. The Morgan fingerprint density at radius 2 is 1.71 bits per heavy atom. The first-order valence-corrected chi connectivity index (χ1v) is 4.77. The van der Waals surface area contributed by atoms with Crippen LogP contribution in [0.3, 0.4) is 0 Å². The van der Waals surface area contributed by atoms with Gasteiger partial charge in [-0.25, -0.2) is 0 Å². The lowest BCUT2D eigenvalue weighted by Gasteiger charge is -2.01. The Morgan fingerprint density at radius 3 is 2.43 bits per heavy atom. The summed E-state index contributed by atoms with van der Waals surface area (Å²) >= 11 is 0. The molecule has 0 aromatic heterocycles. The maximum Gasteiger partial charge on any atom is -0.00257 e. The van der Waals surface area contributed by atoms with E-state index in [4.69, 9.17) is 0 Å². The topological polar surface area (TPSA) is 0 Å². The van der Waals surface area contributed by atoms with E-state index in [-0.39, 0.29) is 0 Å². The SMILES string of the molecule is Cc1[c]ccc(Cc2cc[c]cc2)c1. The minimum atomic E-state index is 0.990. The van der Waals surface area contributed by atoms with Gasteiger partial charge in [-0.3, -0.25) is 0 Å². The molecule has 0 unspecified atom stereocenters. The van der Waals surface area contributed by atoms with Crippen molar-refractivity contribution in [3.8, 4) is 0 Å². The highest BCUT2D eigenvalue weighted by Gasteiger charge is 1.95. The van der Waals surface area contributed by atoms with Gasteiger partial charge in [0.2, 0.25) is 0 Å². The average molecular weight is 180 g/mol. The first-order chi connectivity index (χ1) is 6.84. The molecule has 0 aliphatic rings. The number of rotatable bonds is 2. The zero-order chi connectivity index (χ0) is 9.80. The standard InChI is InChI=1S/C14H12/c1-12-6-5-9-14(10-12)11-13-7-3-2-4-8-13/h3-5,7-10H,11H2,1H3. The van der Waals surface area contributed by atoms with E-state index in [0.29, 0.717) is 0 Å². The first kappa shape index (κ1) is 9.01. The van der Waals surface area contributed by atoms with Crippen LogP contribution in [0.4, 0.5) is 0 Å². The summed E-state index contributed by atoms with van der Waals surface area (Å²) in [6.45, 7) is 2.07. The summed E-state index contributed by atoms with van der Waals surface area (Å²) in [5.74, 6) is 0. The maximum absolute atomic E-state index is 3.15. The lowest BCUT2D eigenvalue weighted by atomic mass is 10.0. The zero-order valence-electron chi connectivity index (χ0n) is 8.25. The molecule has 2 radical (unpaired) electrons. The van der Waals surface area contributed by atoms with Gasteiger partial charge in [0.15, 0.2) is 0 Å².